The van der Waals surface area contributed by atoms with E-state index in [2.05, 4.69) is 15.8 Å². The topological polar surface area (TPSA) is 84.2 Å². The number of hydrogen-bond donors (Lipinski definition) is 2. The van der Waals surface area contributed by atoms with E-state index in [1.165, 1.54) is 0 Å². The average molecular weight is 299 g/mol. The van der Waals surface area contributed by atoms with E-state index in [1.807, 2.05) is 13.0 Å². The third-order valence-corrected chi connectivity index (χ3v) is 3.64. The molecule has 6 heteroatoms. The highest BCUT2D eigenvalue weighted by molar-refractivity contribution is 6.03. The molecule has 1 aliphatic carbocycles. The van der Waals surface area contributed by atoms with Crippen LogP contribution in [0, 0.1) is 19.8 Å². The van der Waals surface area contributed by atoms with E-state index in [0.717, 1.165) is 18.4 Å². The highest BCUT2D eigenvalue weighted by Crippen LogP contribution is 2.31. The second-order valence-corrected chi connectivity index (χ2v) is 5.53. The van der Waals surface area contributed by atoms with Gasteiger partial charge in [-0.05, 0) is 44.4 Å². The summed E-state index contributed by atoms with van der Waals surface area (Å²) in [4.78, 5) is 24.0. The van der Waals surface area contributed by atoms with Crippen LogP contribution in [0.5, 0.6) is 0 Å². The second kappa shape index (κ2) is 5.63. The lowest BCUT2D eigenvalue weighted by Crippen LogP contribution is -2.16. The molecule has 2 amide bonds. The van der Waals surface area contributed by atoms with Crippen molar-refractivity contribution in [2.24, 2.45) is 5.92 Å². The molecule has 1 aromatic heterocycles. The number of amides is 2. The predicted octanol–water partition coefficient (Wildman–Crippen LogP) is 2.89. The van der Waals surface area contributed by atoms with Crippen molar-refractivity contribution in [2.45, 2.75) is 26.7 Å². The van der Waals surface area contributed by atoms with E-state index >= 15 is 0 Å². The number of carbonyl (C=O) groups excluding carboxylic acids is 2. The van der Waals surface area contributed by atoms with E-state index in [1.54, 1.807) is 25.1 Å². The monoisotopic (exact) mass is 299 g/mol. The number of benzene rings is 1. The standard InChI is InChI=1S/C16H17N3O3/c1-9-8-14(22-19-9)16(21)18-13-5-3-4-12(10(13)2)17-15(20)11-6-7-11/h3-5,8,11H,6-7H2,1-2H3,(H,17,20)(H,18,21). The van der Waals surface area contributed by atoms with Gasteiger partial charge in [-0.3, -0.25) is 9.59 Å². The molecular formula is C16H17N3O3. The van der Waals surface area contributed by atoms with Gasteiger partial charge in [0.25, 0.3) is 5.91 Å². The molecule has 0 aliphatic heterocycles. The van der Waals surface area contributed by atoms with E-state index in [9.17, 15) is 9.59 Å². The molecule has 0 atom stereocenters. The fourth-order valence-corrected chi connectivity index (χ4v) is 2.14. The first kappa shape index (κ1) is 14.3. The Balaban J connectivity index is 1.76. The fraction of sp³-hybridized carbons (Fsp3) is 0.312. The minimum absolute atomic E-state index is 0.0393. The van der Waals surface area contributed by atoms with Gasteiger partial charge in [0.05, 0.1) is 5.69 Å². The van der Waals surface area contributed by atoms with Crippen LogP contribution in [-0.4, -0.2) is 17.0 Å². The number of aryl methyl sites for hydroxylation is 1. The smallest absolute Gasteiger partial charge is 0.294 e. The normalized spacial score (nSPS) is 13.7. The highest BCUT2D eigenvalue weighted by atomic mass is 16.5. The van der Waals surface area contributed by atoms with Crippen molar-refractivity contribution in [3.63, 3.8) is 0 Å². The van der Waals surface area contributed by atoms with Crippen molar-refractivity contribution < 1.29 is 14.1 Å². The van der Waals surface area contributed by atoms with Gasteiger partial charge in [-0.2, -0.15) is 0 Å². The molecule has 114 valence electrons. The number of carbonyl (C=O) groups is 2. The van der Waals surface area contributed by atoms with Gasteiger partial charge in [0.1, 0.15) is 0 Å². The fourth-order valence-electron chi connectivity index (χ4n) is 2.14. The van der Waals surface area contributed by atoms with Crippen LogP contribution in [0.2, 0.25) is 0 Å². The van der Waals surface area contributed by atoms with Crippen LogP contribution in [0.4, 0.5) is 11.4 Å². The van der Waals surface area contributed by atoms with Crippen LogP contribution >= 0.6 is 0 Å². The Labute approximate surface area is 127 Å². The molecule has 0 bridgehead atoms. The maximum atomic E-state index is 12.1. The molecule has 1 aromatic carbocycles. The molecule has 1 saturated carbocycles. The third kappa shape index (κ3) is 3.00. The lowest BCUT2D eigenvalue weighted by Gasteiger charge is -2.12. The van der Waals surface area contributed by atoms with Crippen LogP contribution in [0.1, 0.15) is 34.7 Å². The molecule has 2 aromatic rings. The van der Waals surface area contributed by atoms with E-state index in [4.69, 9.17) is 4.52 Å². The van der Waals surface area contributed by atoms with Gasteiger partial charge in [0.2, 0.25) is 11.7 Å². The lowest BCUT2D eigenvalue weighted by molar-refractivity contribution is -0.117. The van der Waals surface area contributed by atoms with Gasteiger partial charge in [-0.25, -0.2) is 0 Å². The summed E-state index contributed by atoms with van der Waals surface area (Å²) in [5.74, 6) is -0.0362. The zero-order chi connectivity index (χ0) is 15.7. The largest absolute Gasteiger partial charge is 0.351 e. The van der Waals surface area contributed by atoms with E-state index < -0.39 is 0 Å². The van der Waals surface area contributed by atoms with Crippen molar-refractivity contribution in [3.8, 4) is 0 Å². The molecular weight excluding hydrogens is 282 g/mol. The molecule has 22 heavy (non-hydrogen) atoms. The minimum atomic E-state index is -0.366. The quantitative estimate of drug-likeness (QED) is 0.909. The molecule has 0 spiro atoms. The van der Waals surface area contributed by atoms with Gasteiger partial charge in [-0.15, -0.1) is 0 Å². The van der Waals surface area contributed by atoms with Crippen molar-refractivity contribution in [2.75, 3.05) is 10.6 Å². The first-order chi connectivity index (χ1) is 10.5. The third-order valence-electron chi connectivity index (χ3n) is 3.64. The Hall–Kier alpha value is -2.63. The molecule has 0 unspecified atom stereocenters. The Morgan fingerprint density at radius 3 is 2.45 bits per heavy atom. The maximum absolute atomic E-state index is 12.1. The molecule has 3 rings (SSSR count). The van der Waals surface area contributed by atoms with Gasteiger partial charge in [0, 0.05) is 23.4 Å². The first-order valence-corrected chi connectivity index (χ1v) is 7.20. The van der Waals surface area contributed by atoms with E-state index in [-0.39, 0.29) is 23.5 Å². The Bertz CT molecular complexity index is 732. The average Bonchev–Trinajstić information content (AvgIpc) is 3.25. The maximum Gasteiger partial charge on any atom is 0.294 e. The summed E-state index contributed by atoms with van der Waals surface area (Å²) in [6.07, 6.45) is 1.90. The van der Waals surface area contributed by atoms with Gasteiger partial charge >= 0.3 is 0 Å². The van der Waals surface area contributed by atoms with Crippen LogP contribution in [0.15, 0.2) is 28.8 Å². The Morgan fingerprint density at radius 1 is 1.18 bits per heavy atom. The zero-order valence-corrected chi connectivity index (χ0v) is 12.5. The first-order valence-electron chi connectivity index (χ1n) is 7.20. The lowest BCUT2D eigenvalue weighted by atomic mass is 10.1. The number of nitrogens with zero attached hydrogens (tertiary/aromatic N) is 1. The summed E-state index contributed by atoms with van der Waals surface area (Å²) < 4.78 is 4.94. The van der Waals surface area contributed by atoms with Crippen LogP contribution in [0.25, 0.3) is 0 Å². The number of anilines is 2. The number of aromatic nitrogens is 1. The van der Waals surface area contributed by atoms with Crippen LogP contribution < -0.4 is 10.6 Å². The van der Waals surface area contributed by atoms with Crippen molar-refractivity contribution in [3.05, 3.63) is 41.3 Å². The molecule has 0 saturated heterocycles. The minimum Gasteiger partial charge on any atom is -0.351 e. The van der Waals surface area contributed by atoms with Gasteiger partial charge in [0.15, 0.2) is 0 Å². The molecule has 2 N–H and O–H groups in total. The van der Waals surface area contributed by atoms with Crippen LogP contribution in [-0.2, 0) is 4.79 Å². The van der Waals surface area contributed by atoms with Crippen molar-refractivity contribution in [1.82, 2.24) is 5.16 Å². The number of nitrogens with one attached hydrogen (secondary N) is 2. The number of hydrogen-bond acceptors (Lipinski definition) is 4. The summed E-state index contributed by atoms with van der Waals surface area (Å²) in [7, 11) is 0. The summed E-state index contributed by atoms with van der Waals surface area (Å²) in [5.41, 5.74) is 2.80. The highest BCUT2D eigenvalue weighted by Gasteiger charge is 2.29. The van der Waals surface area contributed by atoms with Crippen molar-refractivity contribution >= 4 is 23.2 Å². The summed E-state index contributed by atoms with van der Waals surface area (Å²) >= 11 is 0. The zero-order valence-electron chi connectivity index (χ0n) is 12.5. The van der Waals surface area contributed by atoms with E-state index in [0.29, 0.717) is 17.1 Å². The number of rotatable bonds is 4. The van der Waals surface area contributed by atoms with Gasteiger partial charge < -0.3 is 15.2 Å². The molecule has 1 aliphatic rings. The Kier molecular flexibility index (Phi) is 3.66. The summed E-state index contributed by atoms with van der Waals surface area (Å²) in [6.45, 7) is 3.60. The van der Waals surface area contributed by atoms with Crippen molar-refractivity contribution in [1.29, 1.82) is 0 Å². The molecule has 0 radical (unpaired) electrons. The molecule has 6 nitrogen and oxygen atoms in total. The molecule has 1 heterocycles. The molecule has 1 fully saturated rings. The predicted molar refractivity (Wildman–Crippen MR) is 81.7 cm³/mol. The summed E-state index contributed by atoms with van der Waals surface area (Å²) in [6, 6.07) is 6.97. The van der Waals surface area contributed by atoms with Crippen LogP contribution in [0.3, 0.4) is 0 Å². The van der Waals surface area contributed by atoms with Gasteiger partial charge in [-0.1, -0.05) is 11.2 Å². The second-order valence-electron chi connectivity index (χ2n) is 5.53. The SMILES string of the molecule is Cc1cc(C(=O)Nc2cccc(NC(=O)C3CC3)c2C)on1. The Morgan fingerprint density at radius 2 is 1.86 bits per heavy atom. The summed E-state index contributed by atoms with van der Waals surface area (Å²) in [5, 5.41) is 9.37.